The molecule has 0 bridgehead atoms. The maximum absolute atomic E-state index is 12.2. The molecule has 2 amide bonds. The molecule has 138 valence electrons. The van der Waals surface area contributed by atoms with E-state index in [1.54, 1.807) is 19.0 Å². The number of nitrogens with zero attached hydrogens (tertiary/aromatic N) is 1. The number of hydrogen-bond acceptors (Lipinski definition) is 3. The highest BCUT2D eigenvalue weighted by Gasteiger charge is 2.07. The van der Waals surface area contributed by atoms with Gasteiger partial charge in [-0.1, -0.05) is 29.8 Å². The average Bonchev–Trinajstić information content (AvgIpc) is 2.60. The molecule has 0 heterocycles. The zero-order valence-electron chi connectivity index (χ0n) is 15.9. The second-order valence-electron chi connectivity index (χ2n) is 6.71. The molecule has 2 N–H and O–H groups in total. The molecule has 26 heavy (non-hydrogen) atoms. The van der Waals surface area contributed by atoms with Crippen LogP contribution in [-0.4, -0.2) is 37.4 Å². The van der Waals surface area contributed by atoms with Gasteiger partial charge in [0.15, 0.2) is 0 Å². The lowest BCUT2D eigenvalue weighted by molar-refractivity contribution is -0.128. The smallest absolute Gasteiger partial charge is 0.243 e. The fourth-order valence-corrected chi connectivity index (χ4v) is 2.64. The number of benzene rings is 2. The third-order valence-corrected chi connectivity index (χ3v) is 4.16. The van der Waals surface area contributed by atoms with Crippen LogP contribution in [0.1, 0.15) is 23.1 Å². The van der Waals surface area contributed by atoms with Crippen molar-refractivity contribution in [3.8, 4) is 0 Å². The number of nitrogens with one attached hydrogen (secondary N) is 2. The van der Waals surface area contributed by atoms with Gasteiger partial charge in [-0.15, -0.1) is 0 Å². The van der Waals surface area contributed by atoms with E-state index in [1.807, 2.05) is 56.3 Å². The van der Waals surface area contributed by atoms with Crippen LogP contribution in [0.4, 0.5) is 11.4 Å². The summed E-state index contributed by atoms with van der Waals surface area (Å²) in [6.07, 6.45) is 1.16. The Kier molecular flexibility index (Phi) is 6.78. The van der Waals surface area contributed by atoms with Crippen LogP contribution in [-0.2, 0) is 16.0 Å². The van der Waals surface area contributed by atoms with Crippen molar-refractivity contribution < 1.29 is 9.59 Å². The van der Waals surface area contributed by atoms with Gasteiger partial charge < -0.3 is 15.5 Å². The fraction of sp³-hybridized carbons (Fsp3) is 0.333. The van der Waals surface area contributed by atoms with Gasteiger partial charge in [-0.3, -0.25) is 9.59 Å². The summed E-state index contributed by atoms with van der Waals surface area (Å²) >= 11 is 0. The van der Waals surface area contributed by atoms with Crippen molar-refractivity contribution in [3.05, 3.63) is 59.2 Å². The first-order chi connectivity index (χ1) is 12.3. The molecule has 0 fully saturated rings. The Balaban J connectivity index is 1.87. The standard InChI is InChI=1S/C21H27N3O2/c1-15-8-10-19(16(2)12-15)23-20(25)14-22-18-7-5-6-17(13-18)9-11-21(26)24(3)4/h5-8,10,12-13,22H,9,11,14H2,1-4H3,(H,23,25). The molecule has 0 aromatic heterocycles. The van der Waals surface area contributed by atoms with Gasteiger partial charge in [0, 0.05) is 31.9 Å². The highest BCUT2D eigenvalue weighted by Crippen LogP contribution is 2.16. The van der Waals surface area contributed by atoms with E-state index in [2.05, 4.69) is 10.6 Å². The molecule has 0 aliphatic heterocycles. The quantitative estimate of drug-likeness (QED) is 0.802. The summed E-state index contributed by atoms with van der Waals surface area (Å²) in [5.41, 5.74) is 4.99. The highest BCUT2D eigenvalue weighted by molar-refractivity contribution is 5.94. The maximum Gasteiger partial charge on any atom is 0.243 e. The molecular formula is C21H27N3O2. The Morgan fingerprint density at radius 3 is 2.50 bits per heavy atom. The van der Waals surface area contributed by atoms with Crippen LogP contribution in [0.5, 0.6) is 0 Å². The predicted molar refractivity (Wildman–Crippen MR) is 106 cm³/mol. The zero-order valence-corrected chi connectivity index (χ0v) is 15.9. The maximum atomic E-state index is 12.2. The molecular weight excluding hydrogens is 326 g/mol. The van der Waals surface area contributed by atoms with Gasteiger partial charge in [0.05, 0.1) is 6.54 Å². The van der Waals surface area contributed by atoms with Crippen molar-refractivity contribution in [1.29, 1.82) is 0 Å². The molecule has 2 aromatic carbocycles. The summed E-state index contributed by atoms with van der Waals surface area (Å²) < 4.78 is 0. The predicted octanol–water partition coefficient (Wildman–Crippen LogP) is 3.37. The Morgan fingerprint density at radius 2 is 1.81 bits per heavy atom. The number of anilines is 2. The lowest BCUT2D eigenvalue weighted by Gasteiger charge is -2.12. The third kappa shape index (κ3) is 5.92. The SMILES string of the molecule is Cc1ccc(NC(=O)CNc2cccc(CCC(=O)N(C)C)c2)c(C)c1. The molecule has 2 aromatic rings. The molecule has 0 aliphatic carbocycles. The Labute approximate surface area is 155 Å². The molecule has 0 unspecified atom stereocenters. The van der Waals surface area contributed by atoms with Gasteiger partial charge in [0.1, 0.15) is 0 Å². The van der Waals surface area contributed by atoms with Crippen molar-refractivity contribution in [2.75, 3.05) is 31.3 Å². The number of amides is 2. The van der Waals surface area contributed by atoms with E-state index >= 15 is 0 Å². The monoisotopic (exact) mass is 353 g/mol. The van der Waals surface area contributed by atoms with E-state index in [4.69, 9.17) is 0 Å². The number of carbonyl (C=O) groups excluding carboxylic acids is 2. The second-order valence-corrected chi connectivity index (χ2v) is 6.71. The van der Waals surface area contributed by atoms with E-state index in [9.17, 15) is 9.59 Å². The average molecular weight is 353 g/mol. The zero-order chi connectivity index (χ0) is 19.1. The summed E-state index contributed by atoms with van der Waals surface area (Å²) in [7, 11) is 3.52. The van der Waals surface area contributed by atoms with E-state index in [-0.39, 0.29) is 18.4 Å². The normalized spacial score (nSPS) is 10.3. The molecule has 0 saturated carbocycles. The number of rotatable bonds is 7. The van der Waals surface area contributed by atoms with Crippen molar-refractivity contribution in [2.45, 2.75) is 26.7 Å². The molecule has 0 spiro atoms. The third-order valence-electron chi connectivity index (χ3n) is 4.16. The van der Waals surface area contributed by atoms with Gasteiger partial charge in [0.2, 0.25) is 11.8 Å². The topological polar surface area (TPSA) is 61.4 Å². The number of aryl methyl sites for hydroxylation is 3. The molecule has 2 rings (SSSR count). The van der Waals surface area contributed by atoms with Crippen molar-refractivity contribution >= 4 is 23.2 Å². The Hall–Kier alpha value is -2.82. The lowest BCUT2D eigenvalue weighted by atomic mass is 10.1. The minimum absolute atomic E-state index is 0.0925. The van der Waals surface area contributed by atoms with Crippen LogP contribution >= 0.6 is 0 Å². The molecule has 5 heteroatoms. The second kappa shape index (κ2) is 9.04. The molecule has 5 nitrogen and oxygen atoms in total. The van der Waals surface area contributed by atoms with Gasteiger partial charge in [0.25, 0.3) is 0 Å². The van der Waals surface area contributed by atoms with Gasteiger partial charge in [-0.05, 0) is 49.6 Å². The van der Waals surface area contributed by atoms with Crippen molar-refractivity contribution in [3.63, 3.8) is 0 Å². The van der Waals surface area contributed by atoms with E-state index in [1.165, 1.54) is 5.56 Å². The van der Waals surface area contributed by atoms with Crippen LogP contribution < -0.4 is 10.6 Å². The highest BCUT2D eigenvalue weighted by atomic mass is 16.2. The van der Waals surface area contributed by atoms with Crippen molar-refractivity contribution in [1.82, 2.24) is 4.90 Å². The van der Waals surface area contributed by atoms with Crippen LogP contribution in [0.25, 0.3) is 0 Å². The van der Waals surface area contributed by atoms with Crippen molar-refractivity contribution in [2.24, 2.45) is 0 Å². The summed E-state index contributed by atoms with van der Waals surface area (Å²) in [4.78, 5) is 25.5. The summed E-state index contributed by atoms with van der Waals surface area (Å²) in [6.45, 7) is 4.20. The molecule has 0 atom stereocenters. The van der Waals surface area contributed by atoms with Gasteiger partial charge in [-0.25, -0.2) is 0 Å². The Morgan fingerprint density at radius 1 is 1.04 bits per heavy atom. The first-order valence-electron chi connectivity index (χ1n) is 8.75. The van der Waals surface area contributed by atoms with Crippen LogP contribution in [0.15, 0.2) is 42.5 Å². The minimum Gasteiger partial charge on any atom is -0.376 e. The molecule has 0 aliphatic rings. The van der Waals surface area contributed by atoms with Gasteiger partial charge >= 0.3 is 0 Å². The molecule has 0 saturated heterocycles. The van der Waals surface area contributed by atoms with Crippen LogP contribution in [0.3, 0.4) is 0 Å². The first kappa shape index (κ1) is 19.5. The van der Waals surface area contributed by atoms with Gasteiger partial charge in [-0.2, -0.15) is 0 Å². The largest absolute Gasteiger partial charge is 0.376 e. The van der Waals surface area contributed by atoms with E-state index < -0.39 is 0 Å². The lowest BCUT2D eigenvalue weighted by Crippen LogP contribution is -2.22. The summed E-state index contributed by atoms with van der Waals surface area (Å²) in [6, 6.07) is 13.8. The fourth-order valence-electron chi connectivity index (χ4n) is 2.64. The van der Waals surface area contributed by atoms with Crippen LogP contribution in [0, 0.1) is 13.8 Å². The summed E-state index contributed by atoms with van der Waals surface area (Å²) in [5.74, 6) is 0.0151. The number of hydrogen-bond donors (Lipinski definition) is 2. The minimum atomic E-state index is -0.0925. The van der Waals surface area contributed by atoms with Crippen LogP contribution in [0.2, 0.25) is 0 Å². The molecule has 0 radical (unpaired) electrons. The summed E-state index contributed by atoms with van der Waals surface area (Å²) in [5, 5.41) is 6.06. The Bertz CT molecular complexity index is 785. The van der Waals surface area contributed by atoms with E-state index in [0.717, 1.165) is 22.5 Å². The van der Waals surface area contributed by atoms with E-state index in [0.29, 0.717) is 12.8 Å². The first-order valence-corrected chi connectivity index (χ1v) is 8.75. The number of carbonyl (C=O) groups is 2.